The first-order valence-corrected chi connectivity index (χ1v) is 12.2. The third-order valence-corrected chi connectivity index (χ3v) is 6.78. The summed E-state index contributed by atoms with van der Waals surface area (Å²) < 4.78 is 15.5. The standard InChI is InChI=1S/C27H25FN6S/c28-23-15-31-11-10-21(23)26-33-24-22(19-8-6-18(13-29)7-9-19)16-35-25(24)27(34-26)32-14-20(30)12-17-4-2-1-3-5-17/h1-11,15-16,20H,12-14,29-30H2,(H,32,33,34). The van der Waals surface area contributed by atoms with Crippen molar-refractivity contribution >= 4 is 27.4 Å². The second-order valence-corrected chi connectivity index (χ2v) is 9.19. The highest BCUT2D eigenvalue weighted by molar-refractivity contribution is 7.18. The lowest BCUT2D eigenvalue weighted by atomic mass is 10.1. The summed E-state index contributed by atoms with van der Waals surface area (Å²) in [6.07, 6.45) is 3.44. The summed E-state index contributed by atoms with van der Waals surface area (Å²) in [4.78, 5) is 13.3. The molecule has 8 heteroatoms. The highest BCUT2D eigenvalue weighted by Crippen LogP contribution is 2.37. The molecule has 0 aliphatic rings. The predicted molar refractivity (Wildman–Crippen MR) is 141 cm³/mol. The third-order valence-electron chi connectivity index (χ3n) is 5.80. The van der Waals surface area contributed by atoms with E-state index in [0.717, 1.165) is 33.3 Å². The maximum Gasteiger partial charge on any atom is 0.165 e. The molecule has 0 spiro atoms. The highest BCUT2D eigenvalue weighted by atomic mass is 32.1. The minimum atomic E-state index is -0.470. The van der Waals surface area contributed by atoms with E-state index in [-0.39, 0.29) is 6.04 Å². The molecule has 0 aliphatic heterocycles. The van der Waals surface area contributed by atoms with E-state index in [4.69, 9.17) is 21.4 Å². The second-order valence-electron chi connectivity index (χ2n) is 8.31. The summed E-state index contributed by atoms with van der Waals surface area (Å²) in [7, 11) is 0. The van der Waals surface area contributed by atoms with E-state index in [0.29, 0.717) is 30.3 Å². The number of thiophene rings is 1. The topological polar surface area (TPSA) is 103 Å². The van der Waals surface area contributed by atoms with Crippen molar-refractivity contribution < 1.29 is 4.39 Å². The molecule has 5 aromatic rings. The largest absolute Gasteiger partial charge is 0.367 e. The van der Waals surface area contributed by atoms with Gasteiger partial charge in [0.05, 0.1) is 22.0 Å². The van der Waals surface area contributed by atoms with Crippen LogP contribution in [0.5, 0.6) is 0 Å². The van der Waals surface area contributed by atoms with Gasteiger partial charge in [-0.3, -0.25) is 4.98 Å². The molecule has 176 valence electrons. The van der Waals surface area contributed by atoms with E-state index in [1.807, 2.05) is 42.5 Å². The maximum absolute atomic E-state index is 14.6. The number of benzene rings is 2. The zero-order valence-corrected chi connectivity index (χ0v) is 19.8. The third kappa shape index (κ3) is 5.05. The van der Waals surface area contributed by atoms with Crippen molar-refractivity contribution in [3.05, 3.63) is 95.4 Å². The van der Waals surface area contributed by atoms with Crippen LogP contribution in [-0.2, 0) is 13.0 Å². The lowest BCUT2D eigenvalue weighted by molar-refractivity contribution is 0.623. The van der Waals surface area contributed by atoms with Gasteiger partial charge >= 0.3 is 0 Å². The summed E-state index contributed by atoms with van der Waals surface area (Å²) in [6, 6.07) is 19.7. The van der Waals surface area contributed by atoms with Gasteiger partial charge in [0.1, 0.15) is 5.82 Å². The maximum atomic E-state index is 14.6. The SMILES string of the molecule is NCc1ccc(-c2csc3c(NCC(N)Cc4ccccc4)nc(-c4ccncc4F)nc23)cc1. The number of nitrogens with two attached hydrogens (primary N) is 2. The fraction of sp³-hybridized carbons (Fsp3) is 0.148. The smallest absolute Gasteiger partial charge is 0.165 e. The molecule has 3 aromatic heterocycles. The van der Waals surface area contributed by atoms with E-state index >= 15 is 0 Å². The average molecular weight is 485 g/mol. The molecule has 0 saturated carbocycles. The van der Waals surface area contributed by atoms with Gasteiger partial charge in [-0.05, 0) is 29.2 Å². The first kappa shape index (κ1) is 23.0. The molecular formula is C27H25FN6S. The first-order chi connectivity index (χ1) is 17.1. The Bertz CT molecular complexity index is 1440. The molecule has 0 bridgehead atoms. The van der Waals surface area contributed by atoms with Crippen molar-refractivity contribution in [2.75, 3.05) is 11.9 Å². The summed E-state index contributed by atoms with van der Waals surface area (Å²) >= 11 is 1.55. The van der Waals surface area contributed by atoms with Crippen LogP contribution in [0.2, 0.25) is 0 Å². The number of hydrogen-bond donors (Lipinski definition) is 3. The van der Waals surface area contributed by atoms with Crippen LogP contribution in [0.15, 0.2) is 78.4 Å². The molecule has 2 aromatic carbocycles. The molecule has 5 rings (SSSR count). The summed E-state index contributed by atoms with van der Waals surface area (Å²) in [6.45, 7) is 0.993. The zero-order chi connectivity index (χ0) is 24.2. The number of pyridine rings is 1. The Balaban J connectivity index is 1.52. The molecule has 6 nitrogen and oxygen atoms in total. The lowest BCUT2D eigenvalue weighted by Gasteiger charge is -2.15. The van der Waals surface area contributed by atoms with Crippen molar-refractivity contribution in [3.8, 4) is 22.5 Å². The number of rotatable bonds is 8. The summed E-state index contributed by atoms with van der Waals surface area (Å²) in [5.41, 5.74) is 17.4. The molecule has 1 atom stereocenters. The van der Waals surface area contributed by atoms with Crippen LogP contribution in [0.1, 0.15) is 11.1 Å². The van der Waals surface area contributed by atoms with Crippen LogP contribution < -0.4 is 16.8 Å². The Labute approximate surface area is 206 Å². The van der Waals surface area contributed by atoms with Gasteiger partial charge in [0.15, 0.2) is 11.6 Å². The monoisotopic (exact) mass is 484 g/mol. The molecule has 0 amide bonds. The number of halogens is 1. The van der Waals surface area contributed by atoms with Crippen molar-refractivity contribution in [2.45, 2.75) is 19.0 Å². The lowest BCUT2D eigenvalue weighted by Crippen LogP contribution is -2.31. The Morgan fingerprint density at radius 2 is 1.74 bits per heavy atom. The molecule has 3 heterocycles. The quantitative estimate of drug-likeness (QED) is 0.286. The molecule has 1 unspecified atom stereocenters. The Morgan fingerprint density at radius 3 is 2.49 bits per heavy atom. The van der Waals surface area contributed by atoms with Crippen LogP contribution in [0.25, 0.3) is 32.7 Å². The molecule has 0 aliphatic carbocycles. The minimum absolute atomic E-state index is 0.119. The molecular weight excluding hydrogens is 459 g/mol. The highest BCUT2D eigenvalue weighted by Gasteiger charge is 2.18. The molecule has 0 saturated heterocycles. The van der Waals surface area contributed by atoms with E-state index in [1.165, 1.54) is 18.0 Å². The van der Waals surface area contributed by atoms with E-state index < -0.39 is 5.82 Å². The van der Waals surface area contributed by atoms with E-state index in [1.54, 1.807) is 17.4 Å². The van der Waals surface area contributed by atoms with Crippen LogP contribution >= 0.6 is 11.3 Å². The van der Waals surface area contributed by atoms with Crippen LogP contribution in [-0.4, -0.2) is 27.5 Å². The Kier molecular flexibility index (Phi) is 6.76. The summed E-state index contributed by atoms with van der Waals surface area (Å²) in [5, 5.41) is 5.45. The predicted octanol–water partition coefficient (Wildman–Crippen LogP) is 5.00. The van der Waals surface area contributed by atoms with Crippen molar-refractivity contribution in [1.82, 2.24) is 15.0 Å². The molecule has 0 radical (unpaired) electrons. The van der Waals surface area contributed by atoms with Gasteiger partial charge in [0.2, 0.25) is 0 Å². The Hall–Kier alpha value is -3.72. The molecule has 5 N–H and O–H groups in total. The molecule has 0 fully saturated rings. The van der Waals surface area contributed by atoms with Crippen LogP contribution in [0, 0.1) is 5.82 Å². The van der Waals surface area contributed by atoms with E-state index in [9.17, 15) is 4.39 Å². The van der Waals surface area contributed by atoms with Crippen molar-refractivity contribution in [2.24, 2.45) is 11.5 Å². The van der Waals surface area contributed by atoms with Gasteiger partial charge in [0.25, 0.3) is 0 Å². The normalized spacial score (nSPS) is 12.1. The number of nitrogens with zero attached hydrogens (tertiary/aromatic N) is 3. The van der Waals surface area contributed by atoms with E-state index in [2.05, 4.69) is 27.8 Å². The van der Waals surface area contributed by atoms with Gasteiger partial charge in [-0.15, -0.1) is 11.3 Å². The fourth-order valence-corrected chi connectivity index (χ4v) is 4.94. The molecule has 35 heavy (non-hydrogen) atoms. The first-order valence-electron chi connectivity index (χ1n) is 11.3. The number of nitrogens with one attached hydrogen (secondary N) is 1. The van der Waals surface area contributed by atoms with Crippen LogP contribution in [0.3, 0.4) is 0 Å². The Morgan fingerprint density at radius 1 is 0.943 bits per heavy atom. The van der Waals surface area contributed by atoms with Gasteiger partial charge in [-0.25, -0.2) is 14.4 Å². The second kappa shape index (κ2) is 10.3. The van der Waals surface area contributed by atoms with Gasteiger partial charge in [-0.2, -0.15) is 0 Å². The number of fused-ring (bicyclic) bond motifs is 1. The van der Waals surface area contributed by atoms with Gasteiger partial charge < -0.3 is 16.8 Å². The minimum Gasteiger partial charge on any atom is -0.367 e. The van der Waals surface area contributed by atoms with Gasteiger partial charge in [0, 0.05) is 36.3 Å². The average Bonchev–Trinajstić information content (AvgIpc) is 3.32. The van der Waals surface area contributed by atoms with Crippen molar-refractivity contribution in [1.29, 1.82) is 0 Å². The summed E-state index contributed by atoms with van der Waals surface area (Å²) in [5.74, 6) is 0.469. The van der Waals surface area contributed by atoms with Gasteiger partial charge in [-0.1, -0.05) is 54.6 Å². The number of anilines is 1. The van der Waals surface area contributed by atoms with Crippen LogP contribution in [0.4, 0.5) is 10.2 Å². The number of hydrogen-bond acceptors (Lipinski definition) is 7. The van der Waals surface area contributed by atoms with Crippen molar-refractivity contribution in [3.63, 3.8) is 0 Å². The number of aromatic nitrogens is 3. The fourth-order valence-electron chi connectivity index (χ4n) is 3.96. The zero-order valence-electron chi connectivity index (χ0n) is 19.0.